The molecule has 0 amide bonds. The van der Waals surface area contributed by atoms with Crippen LogP contribution in [0.5, 0.6) is 5.75 Å². The Morgan fingerprint density at radius 1 is 0.967 bits per heavy atom. The molecular weight excluding hydrogens is 374 g/mol. The topological polar surface area (TPSA) is 38.8 Å². The van der Waals surface area contributed by atoms with E-state index >= 15 is 0 Å². The molecule has 3 aromatic rings. The molecule has 0 aromatic heterocycles. The van der Waals surface area contributed by atoms with Crippen molar-refractivity contribution in [2.45, 2.75) is 20.0 Å². The lowest BCUT2D eigenvalue weighted by Gasteiger charge is -2.24. The van der Waals surface area contributed by atoms with Crippen LogP contribution >= 0.6 is 0 Å². The Balaban J connectivity index is 1.59. The molecule has 3 aromatic carbocycles. The molecular formula is C26H25NO3. The molecule has 152 valence electrons. The van der Waals surface area contributed by atoms with E-state index in [1.807, 2.05) is 61.5 Å². The van der Waals surface area contributed by atoms with Gasteiger partial charge in [-0.3, -0.25) is 0 Å². The number of para-hydroxylation sites is 1. The fourth-order valence-electron chi connectivity index (χ4n) is 3.64. The van der Waals surface area contributed by atoms with Gasteiger partial charge < -0.3 is 14.4 Å². The van der Waals surface area contributed by atoms with E-state index < -0.39 is 0 Å². The summed E-state index contributed by atoms with van der Waals surface area (Å²) in [6.45, 7) is 3.55. The molecule has 4 nitrogen and oxygen atoms in total. The van der Waals surface area contributed by atoms with Gasteiger partial charge in [0, 0.05) is 23.5 Å². The number of anilines is 1. The normalized spacial score (nSPS) is 13.1. The highest BCUT2D eigenvalue weighted by Crippen LogP contribution is 2.36. The second kappa shape index (κ2) is 9.31. The third-order valence-electron chi connectivity index (χ3n) is 5.05. The van der Waals surface area contributed by atoms with Crippen molar-refractivity contribution in [2.75, 3.05) is 18.1 Å². The molecule has 1 aliphatic heterocycles. The van der Waals surface area contributed by atoms with Crippen LogP contribution in [0.25, 0.3) is 5.70 Å². The number of rotatable bonds is 7. The zero-order chi connectivity index (χ0) is 20.8. The first-order chi connectivity index (χ1) is 14.8. The molecule has 1 aliphatic rings. The fraction of sp³-hybridized carbons (Fsp3) is 0.192. The van der Waals surface area contributed by atoms with E-state index in [-0.39, 0.29) is 5.97 Å². The second-order valence-electron chi connectivity index (χ2n) is 7.07. The Morgan fingerprint density at radius 3 is 2.60 bits per heavy atom. The van der Waals surface area contributed by atoms with Gasteiger partial charge in [-0.05, 0) is 49.2 Å². The SMILES string of the molecule is CCOC(=O)c1cccc(N2CCC=C2c2ccccc2OCc2ccccc2)c1. The van der Waals surface area contributed by atoms with E-state index in [1.54, 1.807) is 6.07 Å². The molecule has 0 atom stereocenters. The molecule has 4 rings (SSSR count). The minimum absolute atomic E-state index is 0.296. The minimum atomic E-state index is -0.296. The first-order valence-electron chi connectivity index (χ1n) is 10.3. The van der Waals surface area contributed by atoms with Crippen molar-refractivity contribution in [2.24, 2.45) is 0 Å². The number of benzene rings is 3. The summed E-state index contributed by atoms with van der Waals surface area (Å²) >= 11 is 0. The van der Waals surface area contributed by atoms with E-state index in [4.69, 9.17) is 9.47 Å². The van der Waals surface area contributed by atoms with Gasteiger partial charge in [-0.15, -0.1) is 0 Å². The van der Waals surface area contributed by atoms with E-state index in [0.29, 0.717) is 18.8 Å². The summed E-state index contributed by atoms with van der Waals surface area (Å²) in [6.07, 6.45) is 3.16. The predicted molar refractivity (Wildman–Crippen MR) is 120 cm³/mol. The van der Waals surface area contributed by atoms with Crippen LogP contribution in [0, 0.1) is 0 Å². The van der Waals surface area contributed by atoms with Crippen molar-refractivity contribution in [1.29, 1.82) is 0 Å². The molecule has 0 bridgehead atoms. The maximum atomic E-state index is 12.2. The Morgan fingerprint density at radius 2 is 1.77 bits per heavy atom. The van der Waals surface area contributed by atoms with Crippen LogP contribution in [0.3, 0.4) is 0 Å². The third-order valence-corrected chi connectivity index (χ3v) is 5.05. The van der Waals surface area contributed by atoms with Crippen LogP contribution in [-0.2, 0) is 11.3 Å². The van der Waals surface area contributed by atoms with Crippen LogP contribution in [0.15, 0.2) is 84.9 Å². The average molecular weight is 399 g/mol. The van der Waals surface area contributed by atoms with Crippen molar-refractivity contribution in [1.82, 2.24) is 0 Å². The van der Waals surface area contributed by atoms with Crippen LogP contribution in [0.2, 0.25) is 0 Å². The first-order valence-corrected chi connectivity index (χ1v) is 10.3. The highest BCUT2D eigenvalue weighted by atomic mass is 16.5. The molecule has 30 heavy (non-hydrogen) atoms. The van der Waals surface area contributed by atoms with E-state index in [2.05, 4.69) is 29.2 Å². The molecule has 0 saturated heterocycles. The molecule has 0 radical (unpaired) electrons. The number of carbonyl (C=O) groups excluding carboxylic acids is 1. The molecule has 1 heterocycles. The summed E-state index contributed by atoms with van der Waals surface area (Å²) in [5.74, 6) is 0.553. The van der Waals surface area contributed by atoms with Crippen LogP contribution in [-0.4, -0.2) is 19.1 Å². The summed E-state index contributed by atoms with van der Waals surface area (Å²) in [5.41, 5.74) is 4.82. The zero-order valence-electron chi connectivity index (χ0n) is 17.1. The molecule has 0 unspecified atom stereocenters. The van der Waals surface area contributed by atoms with Crippen molar-refractivity contribution in [3.63, 3.8) is 0 Å². The van der Waals surface area contributed by atoms with Crippen LogP contribution in [0.1, 0.15) is 34.8 Å². The van der Waals surface area contributed by atoms with Crippen molar-refractivity contribution in [3.8, 4) is 5.75 Å². The molecule has 0 aliphatic carbocycles. The summed E-state index contributed by atoms with van der Waals surface area (Å²) in [5, 5.41) is 0. The van der Waals surface area contributed by atoms with Gasteiger partial charge in [0.2, 0.25) is 0 Å². The molecule has 0 saturated carbocycles. The Kier molecular flexibility index (Phi) is 6.14. The smallest absolute Gasteiger partial charge is 0.338 e. The lowest BCUT2D eigenvalue weighted by molar-refractivity contribution is 0.0526. The second-order valence-corrected chi connectivity index (χ2v) is 7.07. The van der Waals surface area contributed by atoms with E-state index in [1.165, 1.54) is 0 Å². The number of ether oxygens (including phenoxy) is 2. The molecule has 0 N–H and O–H groups in total. The van der Waals surface area contributed by atoms with Gasteiger partial charge in [0.1, 0.15) is 12.4 Å². The fourth-order valence-corrected chi connectivity index (χ4v) is 3.64. The quantitative estimate of drug-likeness (QED) is 0.478. The highest BCUT2D eigenvalue weighted by molar-refractivity contribution is 5.92. The van der Waals surface area contributed by atoms with Crippen molar-refractivity contribution in [3.05, 3.63) is 102 Å². The molecule has 0 fully saturated rings. The molecule has 4 heteroatoms. The number of nitrogens with zero attached hydrogens (tertiary/aromatic N) is 1. The van der Waals surface area contributed by atoms with E-state index in [9.17, 15) is 4.79 Å². The maximum Gasteiger partial charge on any atom is 0.338 e. The van der Waals surface area contributed by atoms with Gasteiger partial charge in [0.25, 0.3) is 0 Å². The summed E-state index contributed by atoms with van der Waals surface area (Å²) in [6, 6.07) is 25.9. The standard InChI is InChI=1S/C26H25NO3/c1-2-29-26(28)21-12-8-13-22(18-21)27-17-9-15-24(27)23-14-6-7-16-25(23)30-19-20-10-4-3-5-11-20/h3-8,10-16,18H,2,9,17,19H2,1H3. The van der Waals surface area contributed by atoms with Crippen LogP contribution < -0.4 is 9.64 Å². The Labute approximate surface area is 177 Å². The van der Waals surface area contributed by atoms with Crippen molar-refractivity contribution >= 4 is 17.4 Å². The monoisotopic (exact) mass is 399 g/mol. The highest BCUT2D eigenvalue weighted by Gasteiger charge is 2.22. The van der Waals surface area contributed by atoms with Gasteiger partial charge in [-0.2, -0.15) is 0 Å². The van der Waals surface area contributed by atoms with Gasteiger partial charge >= 0.3 is 5.97 Å². The van der Waals surface area contributed by atoms with Crippen LogP contribution in [0.4, 0.5) is 5.69 Å². The lowest BCUT2D eigenvalue weighted by atomic mass is 10.1. The number of hydrogen-bond donors (Lipinski definition) is 0. The van der Waals surface area contributed by atoms with Gasteiger partial charge in [-0.1, -0.05) is 54.6 Å². The van der Waals surface area contributed by atoms with Crippen molar-refractivity contribution < 1.29 is 14.3 Å². The predicted octanol–water partition coefficient (Wildman–Crippen LogP) is 5.69. The number of hydrogen-bond acceptors (Lipinski definition) is 4. The summed E-state index contributed by atoms with van der Waals surface area (Å²) < 4.78 is 11.3. The number of esters is 1. The zero-order valence-corrected chi connectivity index (χ0v) is 17.1. The lowest BCUT2D eigenvalue weighted by Crippen LogP contribution is -2.19. The third kappa shape index (κ3) is 4.38. The van der Waals surface area contributed by atoms with Gasteiger partial charge in [0.05, 0.1) is 12.2 Å². The maximum absolute atomic E-state index is 12.2. The average Bonchev–Trinajstić information content (AvgIpc) is 3.29. The van der Waals surface area contributed by atoms with Gasteiger partial charge in [0.15, 0.2) is 0 Å². The summed E-state index contributed by atoms with van der Waals surface area (Å²) in [7, 11) is 0. The Hall–Kier alpha value is -3.53. The largest absolute Gasteiger partial charge is 0.488 e. The van der Waals surface area contributed by atoms with Gasteiger partial charge in [-0.25, -0.2) is 4.79 Å². The first kappa shape index (κ1) is 19.8. The Bertz CT molecular complexity index is 1040. The molecule has 0 spiro atoms. The minimum Gasteiger partial charge on any atom is -0.488 e. The number of carbonyl (C=O) groups is 1. The van der Waals surface area contributed by atoms with E-state index in [0.717, 1.165) is 41.2 Å². The summed E-state index contributed by atoms with van der Waals surface area (Å²) in [4.78, 5) is 14.4.